The highest BCUT2D eigenvalue weighted by Crippen LogP contribution is 2.22. The molecule has 0 aromatic carbocycles. The van der Waals surface area contributed by atoms with Gasteiger partial charge >= 0.3 is 11.9 Å². The summed E-state index contributed by atoms with van der Waals surface area (Å²) in [7, 11) is 1.78. The van der Waals surface area contributed by atoms with Gasteiger partial charge in [0.05, 0.1) is 13.2 Å². The predicted molar refractivity (Wildman–Crippen MR) is 83.0 cm³/mol. The summed E-state index contributed by atoms with van der Waals surface area (Å²) < 4.78 is 11.5. The molecule has 0 amide bonds. The van der Waals surface area contributed by atoms with Gasteiger partial charge in [-0.1, -0.05) is 13.8 Å². The third-order valence-corrected chi connectivity index (χ3v) is 2.99. The third kappa shape index (κ3) is 3.87. The van der Waals surface area contributed by atoms with Crippen LogP contribution in [0.15, 0.2) is 5.57 Å². The number of nitrogens with two attached hydrogens (primary N) is 1. The molecule has 22 heavy (non-hydrogen) atoms. The van der Waals surface area contributed by atoms with Gasteiger partial charge in [0.25, 0.3) is 0 Å². The number of imidazole rings is 1. The standard InChI is InChI=1S/C15H23N3O4/c1-6-21-14(19)10(15(20)22-7-2)8-11-12(16)18(5)13(17-11)9(3)4/h8-9H,6-7,16H2,1-5H3. The number of ether oxygens (including phenoxy) is 2. The molecular weight excluding hydrogens is 286 g/mol. The van der Waals surface area contributed by atoms with E-state index in [1.807, 2.05) is 13.8 Å². The smallest absolute Gasteiger partial charge is 0.345 e. The van der Waals surface area contributed by atoms with Gasteiger partial charge in [-0.3, -0.25) is 0 Å². The Bertz CT molecular complexity index is 568. The topological polar surface area (TPSA) is 96.4 Å². The molecule has 1 heterocycles. The minimum Gasteiger partial charge on any atom is -0.462 e. The highest BCUT2D eigenvalue weighted by molar-refractivity contribution is 6.17. The van der Waals surface area contributed by atoms with Gasteiger partial charge in [0.2, 0.25) is 0 Å². The highest BCUT2D eigenvalue weighted by atomic mass is 16.6. The maximum absolute atomic E-state index is 11.9. The fourth-order valence-corrected chi connectivity index (χ4v) is 1.93. The molecule has 0 aliphatic carbocycles. The molecule has 0 atom stereocenters. The van der Waals surface area contributed by atoms with Gasteiger partial charge in [-0.05, 0) is 19.9 Å². The van der Waals surface area contributed by atoms with Crippen LogP contribution < -0.4 is 5.73 Å². The van der Waals surface area contributed by atoms with E-state index in [1.54, 1.807) is 25.5 Å². The van der Waals surface area contributed by atoms with E-state index >= 15 is 0 Å². The highest BCUT2D eigenvalue weighted by Gasteiger charge is 2.23. The molecule has 0 saturated heterocycles. The zero-order valence-electron chi connectivity index (χ0n) is 13.7. The first-order valence-electron chi connectivity index (χ1n) is 7.21. The first-order chi connectivity index (χ1) is 10.3. The van der Waals surface area contributed by atoms with E-state index in [9.17, 15) is 9.59 Å². The molecule has 7 heteroatoms. The molecule has 1 aromatic heterocycles. The summed E-state index contributed by atoms with van der Waals surface area (Å²) in [5, 5.41) is 0. The van der Waals surface area contributed by atoms with Crippen molar-refractivity contribution in [2.24, 2.45) is 7.05 Å². The number of anilines is 1. The van der Waals surface area contributed by atoms with Crippen LogP contribution in [0.4, 0.5) is 5.82 Å². The van der Waals surface area contributed by atoms with E-state index in [2.05, 4.69) is 4.98 Å². The number of hydrogen-bond donors (Lipinski definition) is 1. The summed E-state index contributed by atoms with van der Waals surface area (Å²) >= 11 is 0. The van der Waals surface area contributed by atoms with Crippen molar-refractivity contribution in [1.29, 1.82) is 0 Å². The number of hydrogen-bond acceptors (Lipinski definition) is 6. The second-order valence-electron chi connectivity index (χ2n) is 4.95. The van der Waals surface area contributed by atoms with E-state index in [1.165, 1.54) is 6.08 Å². The Labute approximate surface area is 130 Å². The van der Waals surface area contributed by atoms with E-state index in [4.69, 9.17) is 15.2 Å². The van der Waals surface area contributed by atoms with Gasteiger partial charge in [0, 0.05) is 13.0 Å². The average Bonchev–Trinajstić information content (AvgIpc) is 2.73. The molecule has 0 aliphatic heterocycles. The summed E-state index contributed by atoms with van der Waals surface area (Å²) in [4.78, 5) is 28.2. The molecule has 0 fully saturated rings. The van der Waals surface area contributed by atoms with Crippen LogP contribution in [-0.4, -0.2) is 34.7 Å². The zero-order valence-corrected chi connectivity index (χ0v) is 13.7. The normalized spacial score (nSPS) is 10.5. The quantitative estimate of drug-likeness (QED) is 0.371. The molecule has 0 spiro atoms. The summed E-state index contributed by atoms with van der Waals surface area (Å²) in [5.41, 5.74) is 6.12. The SMILES string of the molecule is CCOC(=O)C(=Cc1nc(C(C)C)n(C)c1N)C(=O)OCC. The minimum atomic E-state index is -0.753. The van der Waals surface area contributed by atoms with Gasteiger partial charge in [0.15, 0.2) is 0 Å². The molecule has 1 rings (SSSR count). The van der Waals surface area contributed by atoms with Gasteiger partial charge in [-0.25, -0.2) is 14.6 Å². The molecule has 0 saturated carbocycles. The lowest BCUT2D eigenvalue weighted by Crippen LogP contribution is -2.18. The second-order valence-corrected chi connectivity index (χ2v) is 4.95. The zero-order chi connectivity index (χ0) is 16.9. The number of carbonyl (C=O) groups excluding carboxylic acids is 2. The number of carbonyl (C=O) groups is 2. The van der Waals surface area contributed by atoms with Crippen molar-refractivity contribution in [2.45, 2.75) is 33.6 Å². The van der Waals surface area contributed by atoms with Crippen LogP contribution in [0.3, 0.4) is 0 Å². The summed E-state index contributed by atoms with van der Waals surface area (Å²) in [6.07, 6.45) is 1.32. The molecule has 122 valence electrons. The first kappa shape index (κ1) is 17.7. The van der Waals surface area contributed by atoms with Crippen LogP contribution in [0.1, 0.15) is 45.1 Å². The van der Waals surface area contributed by atoms with Gasteiger partial charge in [-0.15, -0.1) is 0 Å². The molecule has 2 N–H and O–H groups in total. The number of rotatable bonds is 6. The molecule has 1 aromatic rings. The van der Waals surface area contributed by atoms with E-state index in [-0.39, 0.29) is 24.7 Å². The summed E-state index contributed by atoms with van der Waals surface area (Å²) in [6, 6.07) is 0. The molecular formula is C15H23N3O4. The molecule has 7 nitrogen and oxygen atoms in total. The fourth-order valence-electron chi connectivity index (χ4n) is 1.93. The molecule has 0 aliphatic rings. The summed E-state index contributed by atoms with van der Waals surface area (Å²) in [6.45, 7) is 7.59. The summed E-state index contributed by atoms with van der Waals surface area (Å²) in [5.74, 6) is -0.220. The van der Waals surface area contributed by atoms with Crippen LogP contribution in [0, 0.1) is 0 Å². The molecule has 0 bridgehead atoms. The Balaban J connectivity index is 3.30. The number of nitrogens with zero attached hydrogens (tertiary/aromatic N) is 2. The first-order valence-corrected chi connectivity index (χ1v) is 7.21. The van der Waals surface area contributed by atoms with Gasteiger partial charge in [-0.2, -0.15) is 0 Å². The lowest BCUT2D eigenvalue weighted by molar-refractivity contribution is -0.146. The third-order valence-electron chi connectivity index (χ3n) is 2.99. The Kier molecular flexibility index (Phi) is 6.15. The van der Waals surface area contributed by atoms with Gasteiger partial charge in [0.1, 0.15) is 22.9 Å². The second kappa shape index (κ2) is 7.63. The molecule has 0 unspecified atom stereocenters. The van der Waals surface area contributed by atoms with E-state index < -0.39 is 11.9 Å². The Morgan fingerprint density at radius 2 is 1.73 bits per heavy atom. The number of nitrogen functional groups attached to an aromatic ring is 1. The van der Waals surface area contributed by atoms with Crippen LogP contribution >= 0.6 is 0 Å². The fraction of sp³-hybridized carbons (Fsp3) is 0.533. The number of aromatic nitrogens is 2. The van der Waals surface area contributed by atoms with Crippen molar-refractivity contribution in [3.05, 3.63) is 17.1 Å². The van der Waals surface area contributed by atoms with Crippen LogP contribution in [0.25, 0.3) is 6.08 Å². The minimum absolute atomic E-state index is 0.156. The number of esters is 2. The Morgan fingerprint density at radius 3 is 2.09 bits per heavy atom. The Hall–Kier alpha value is -2.31. The van der Waals surface area contributed by atoms with Gasteiger partial charge < -0.3 is 19.8 Å². The lowest BCUT2D eigenvalue weighted by Gasteiger charge is -2.06. The van der Waals surface area contributed by atoms with Crippen molar-refractivity contribution in [2.75, 3.05) is 18.9 Å². The largest absolute Gasteiger partial charge is 0.462 e. The monoisotopic (exact) mass is 309 g/mol. The average molecular weight is 309 g/mol. The van der Waals surface area contributed by atoms with Crippen molar-refractivity contribution in [3.8, 4) is 0 Å². The van der Waals surface area contributed by atoms with Crippen molar-refractivity contribution in [3.63, 3.8) is 0 Å². The van der Waals surface area contributed by atoms with Crippen LogP contribution in [0.2, 0.25) is 0 Å². The molecule has 0 radical (unpaired) electrons. The van der Waals surface area contributed by atoms with Crippen molar-refractivity contribution < 1.29 is 19.1 Å². The Morgan fingerprint density at radius 1 is 1.23 bits per heavy atom. The van der Waals surface area contributed by atoms with E-state index in [0.29, 0.717) is 11.5 Å². The van der Waals surface area contributed by atoms with Crippen LogP contribution in [0.5, 0.6) is 0 Å². The lowest BCUT2D eigenvalue weighted by atomic mass is 10.2. The van der Waals surface area contributed by atoms with E-state index in [0.717, 1.165) is 5.82 Å². The maximum atomic E-state index is 11.9. The van der Waals surface area contributed by atoms with Crippen LogP contribution in [-0.2, 0) is 26.1 Å². The maximum Gasteiger partial charge on any atom is 0.345 e. The van der Waals surface area contributed by atoms with Crippen molar-refractivity contribution in [1.82, 2.24) is 9.55 Å². The van der Waals surface area contributed by atoms with Crippen molar-refractivity contribution >= 4 is 23.8 Å². The predicted octanol–water partition coefficient (Wildman–Crippen LogP) is 1.64.